The summed E-state index contributed by atoms with van der Waals surface area (Å²) in [6.45, 7) is 1.90. The minimum absolute atomic E-state index is 0.0208. The maximum atomic E-state index is 12.7. The Morgan fingerprint density at radius 2 is 1.80 bits per heavy atom. The lowest BCUT2D eigenvalue weighted by Gasteiger charge is -2.55. The summed E-state index contributed by atoms with van der Waals surface area (Å²) in [7, 11) is 0. The van der Waals surface area contributed by atoms with Crippen LogP contribution < -0.4 is 5.32 Å². The van der Waals surface area contributed by atoms with Crippen molar-refractivity contribution in [2.45, 2.75) is 80.6 Å². The van der Waals surface area contributed by atoms with Crippen LogP contribution in [0.15, 0.2) is 27.8 Å². The Bertz CT molecular complexity index is 949. The van der Waals surface area contributed by atoms with Crippen molar-refractivity contribution in [3.05, 3.63) is 35.2 Å². The van der Waals surface area contributed by atoms with Crippen LogP contribution >= 0.6 is 11.8 Å². The van der Waals surface area contributed by atoms with Gasteiger partial charge in [-0.25, -0.2) is 0 Å². The zero-order valence-corrected chi connectivity index (χ0v) is 18.3. The Hall–Kier alpha value is -1.82. The van der Waals surface area contributed by atoms with Crippen LogP contribution in [0.25, 0.3) is 0 Å². The zero-order chi connectivity index (χ0) is 20.3. The summed E-state index contributed by atoms with van der Waals surface area (Å²) >= 11 is 1.37. The van der Waals surface area contributed by atoms with Gasteiger partial charge in [0.1, 0.15) is 0 Å². The molecule has 7 rings (SSSR count). The predicted octanol–water partition coefficient (Wildman–Crippen LogP) is 5.15. The van der Waals surface area contributed by atoms with Gasteiger partial charge in [-0.2, -0.15) is 0 Å². The number of benzene rings is 1. The first-order valence-corrected chi connectivity index (χ1v) is 12.4. The smallest absolute Gasteiger partial charge is 0.277 e. The van der Waals surface area contributed by atoms with Gasteiger partial charge in [0.05, 0.1) is 5.25 Å². The number of fused-ring (bicyclic) bond motifs is 1. The quantitative estimate of drug-likeness (QED) is 0.674. The zero-order valence-electron chi connectivity index (χ0n) is 17.5. The fourth-order valence-corrected chi connectivity index (χ4v) is 7.63. The molecule has 1 aromatic carbocycles. The van der Waals surface area contributed by atoms with Gasteiger partial charge in [-0.05, 0) is 106 Å². The lowest BCUT2D eigenvalue weighted by molar-refractivity contribution is -0.115. The molecule has 1 amide bonds. The molecule has 0 saturated heterocycles. The Morgan fingerprint density at radius 1 is 1.10 bits per heavy atom. The van der Waals surface area contributed by atoms with Crippen molar-refractivity contribution >= 4 is 23.4 Å². The molecular formula is C24H29N3O2S. The van der Waals surface area contributed by atoms with E-state index in [2.05, 4.69) is 27.6 Å². The lowest BCUT2D eigenvalue weighted by Crippen LogP contribution is -2.48. The number of nitrogens with one attached hydrogen (secondary N) is 1. The predicted molar refractivity (Wildman–Crippen MR) is 117 cm³/mol. The van der Waals surface area contributed by atoms with Crippen LogP contribution in [0.4, 0.5) is 5.69 Å². The number of hydrogen-bond donors (Lipinski definition) is 1. The second-order valence-corrected chi connectivity index (χ2v) is 11.4. The lowest BCUT2D eigenvalue weighted by atomic mass is 9.49. The Morgan fingerprint density at radius 3 is 2.53 bits per heavy atom. The van der Waals surface area contributed by atoms with Gasteiger partial charge in [0.15, 0.2) is 0 Å². The van der Waals surface area contributed by atoms with E-state index in [9.17, 15) is 4.79 Å². The number of hydrogen-bond acceptors (Lipinski definition) is 5. The standard InChI is InChI=1S/C24H29N3O2S/c1-14(21(28)25-20-6-5-18-3-2-4-19(18)10-20)30-23-27-26-22(29-23)24-11-15-7-16(12-24)9-17(8-15)13-24/h5-6,10,14-17H,2-4,7-9,11-13H2,1H3,(H,25,28)/t14-,15?,16?,17?,24?/m0/s1. The van der Waals surface area contributed by atoms with Gasteiger partial charge in [0, 0.05) is 11.1 Å². The van der Waals surface area contributed by atoms with Crippen LogP contribution in [0, 0.1) is 17.8 Å². The maximum Gasteiger partial charge on any atom is 0.277 e. The van der Waals surface area contributed by atoms with Crippen LogP contribution in [-0.2, 0) is 23.1 Å². The number of amides is 1. The van der Waals surface area contributed by atoms with Gasteiger partial charge >= 0.3 is 0 Å². The van der Waals surface area contributed by atoms with Gasteiger partial charge < -0.3 is 9.73 Å². The summed E-state index contributed by atoms with van der Waals surface area (Å²) in [6, 6.07) is 6.28. The molecule has 6 heteroatoms. The molecule has 5 aliphatic carbocycles. The van der Waals surface area contributed by atoms with E-state index in [4.69, 9.17) is 4.42 Å². The molecule has 5 nitrogen and oxygen atoms in total. The number of aromatic nitrogens is 2. The first-order valence-electron chi connectivity index (χ1n) is 11.5. The minimum Gasteiger partial charge on any atom is -0.415 e. The molecule has 4 bridgehead atoms. The van der Waals surface area contributed by atoms with E-state index in [1.807, 2.05) is 13.0 Å². The van der Waals surface area contributed by atoms with Crippen molar-refractivity contribution in [3.63, 3.8) is 0 Å². The van der Waals surface area contributed by atoms with Crippen LogP contribution in [0.1, 0.15) is 68.9 Å². The topological polar surface area (TPSA) is 68.0 Å². The number of aryl methyl sites for hydroxylation is 2. The molecule has 4 fully saturated rings. The second-order valence-electron chi connectivity index (χ2n) is 10.2. The molecule has 2 aromatic rings. The van der Waals surface area contributed by atoms with Crippen LogP contribution in [-0.4, -0.2) is 21.4 Å². The highest BCUT2D eigenvalue weighted by molar-refractivity contribution is 8.00. The number of rotatable bonds is 5. The van der Waals surface area contributed by atoms with E-state index in [1.165, 1.54) is 67.8 Å². The molecule has 0 spiro atoms. The van der Waals surface area contributed by atoms with Crippen LogP contribution in [0.3, 0.4) is 0 Å². The fraction of sp³-hybridized carbons (Fsp3) is 0.625. The number of thioether (sulfide) groups is 1. The van der Waals surface area contributed by atoms with E-state index in [-0.39, 0.29) is 16.6 Å². The third-order valence-corrected chi connectivity index (χ3v) is 8.85. The van der Waals surface area contributed by atoms with Crippen LogP contribution in [0.5, 0.6) is 0 Å². The molecular weight excluding hydrogens is 394 g/mol. The Kier molecular flexibility index (Phi) is 4.48. The van der Waals surface area contributed by atoms with Crippen molar-refractivity contribution in [1.82, 2.24) is 10.2 Å². The van der Waals surface area contributed by atoms with Gasteiger partial charge in [-0.15, -0.1) is 10.2 Å². The van der Waals surface area contributed by atoms with E-state index in [0.717, 1.165) is 42.2 Å². The SMILES string of the molecule is C[C@H](Sc1nnc(C23CC4CC(CC(C4)C2)C3)o1)C(=O)Nc1ccc2c(c1)CCC2. The van der Waals surface area contributed by atoms with Crippen LogP contribution in [0.2, 0.25) is 0 Å². The largest absolute Gasteiger partial charge is 0.415 e. The molecule has 0 unspecified atom stereocenters. The molecule has 1 N–H and O–H groups in total. The van der Waals surface area contributed by atoms with Crippen molar-refractivity contribution in [2.75, 3.05) is 5.32 Å². The van der Waals surface area contributed by atoms with Crippen molar-refractivity contribution in [3.8, 4) is 0 Å². The molecule has 4 saturated carbocycles. The summed E-state index contributed by atoms with van der Waals surface area (Å²) in [4.78, 5) is 12.7. The summed E-state index contributed by atoms with van der Waals surface area (Å²) < 4.78 is 6.16. The van der Waals surface area contributed by atoms with Gasteiger partial charge in [-0.3, -0.25) is 4.79 Å². The average Bonchev–Trinajstić information content (AvgIpc) is 3.36. The highest BCUT2D eigenvalue weighted by Crippen LogP contribution is 2.60. The molecule has 1 atom stereocenters. The minimum atomic E-state index is -0.289. The monoisotopic (exact) mass is 423 g/mol. The normalized spacial score (nSPS) is 32.2. The van der Waals surface area contributed by atoms with E-state index in [1.54, 1.807) is 0 Å². The van der Waals surface area contributed by atoms with Gasteiger partial charge in [-0.1, -0.05) is 17.8 Å². The summed E-state index contributed by atoms with van der Waals surface area (Å²) in [5.74, 6) is 3.34. The maximum absolute atomic E-state index is 12.7. The summed E-state index contributed by atoms with van der Waals surface area (Å²) in [6.07, 6.45) is 11.3. The molecule has 1 aromatic heterocycles. The second kappa shape index (κ2) is 7.11. The first kappa shape index (κ1) is 18.9. The van der Waals surface area contributed by atoms with Crippen molar-refractivity contribution in [2.24, 2.45) is 17.8 Å². The third kappa shape index (κ3) is 3.28. The molecule has 5 aliphatic rings. The van der Waals surface area contributed by atoms with E-state index >= 15 is 0 Å². The number of nitrogens with zero attached hydrogens (tertiary/aromatic N) is 2. The third-order valence-electron chi connectivity index (χ3n) is 7.91. The highest BCUT2D eigenvalue weighted by atomic mass is 32.2. The summed E-state index contributed by atoms with van der Waals surface area (Å²) in [5.41, 5.74) is 3.77. The number of carbonyl (C=O) groups is 1. The van der Waals surface area contributed by atoms with E-state index < -0.39 is 0 Å². The molecule has 1 heterocycles. The van der Waals surface area contributed by atoms with Gasteiger partial charge in [0.2, 0.25) is 11.8 Å². The first-order chi connectivity index (χ1) is 14.6. The van der Waals surface area contributed by atoms with Gasteiger partial charge in [0.25, 0.3) is 5.22 Å². The van der Waals surface area contributed by atoms with Crippen molar-refractivity contribution in [1.29, 1.82) is 0 Å². The summed E-state index contributed by atoms with van der Waals surface area (Å²) in [5, 5.41) is 12.1. The highest BCUT2D eigenvalue weighted by Gasteiger charge is 2.54. The van der Waals surface area contributed by atoms with E-state index in [0.29, 0.717) is 5.22 Å². The Balaban J connectivity index is 1.12. The molecule has 30 heavy (non-hydrogen) atoms. The average molecular weight is 424 g/mol. The van der Waals surface area contributed by atoms with Crippen molar-refractivity contribution < 1.29 is 9.21 Å². The number of carbonyl (C=O) groups excluding carboxylic acids is 1. The Labute approximate surface area is 181 Å². The molecule has 0 aliphatic heterocycles. The molecule has 0 radical (unpaired) electrons. The molecule has 158 valence electrons. The number of anilines is 1. The fourth-order valence-electron chi connectivity index (χ4n) is 6.94.